The molecule has 1 heterocycles. The maximum atomic E-state index is 11.9. The highest BCUT2D eigenvalue weighted by Gasteiger charge is 2.16. The molecule has 1 aromatic heterocycles. The van der Waals surface area contributed by atoms with Crippen LogP contribution in [0.3, 0.4) is 0 Å². The largest absolute Gasteiger partial charge is 0.347 e. The molecule has 0 aliphatic carbocycles. The molecule has 1 amide bonds. The van der Waals surface area contributed by atoms with Gasteiger partial charge in [-0.05, 0) is 39.0 Å². The molecule has 0 aliphatic heterocycles. The van der Waals surface area contributed by atoms with E-state index in [1.54, 1.807) is 25.1 Å². The minimum absolute atomic E-state index is 0.0235. The number of aryl methyl sites for hydroxylation is 1. The lowest BCUT2D eigenvalue weighted by Gasteiger charge is -2.05. The van der Waals surface area contributed by atoms with Gasteiger partial charge < -0.3 is 5.32 Å². The Morgan fingerprint density at radius 1 is 1.25 bits per heavy atom. The average molecular weight is 313 g/mol. The minimum atomic E-state index is -0.310. The van der Waals surface area contributed by atoms with E-state index in [4.69, 9.17) is 23.2 Å². The van der Waals surface area contributed by atoms with Crippen LogP contribution < -0.4 is 5.32 Å². The second-order valence-electron chi connectivity index (χ2n) is 4.65. The highest BCUT2D eigenvalue weighted by atomic mass is 35.5. The van der Waals surface area contributed by atoms with E-state index in [1.807, 2.05) is 13.8 Å². The van der Waals surface area contributed by atoms with E-state index >= 15 is 0 Å². The SMILES string of the molecule is Cc1nc(C(=O)NC(C)C)nn1-c1cc(Cl)cc(Cl)c1. The lowest BCUT2D eigenvalue weighted by Crippen LogP contribution is -2.31. The van der Waals surface area contributed by atoms with Crippen LogP contribution in [0.15, 0.2) is 18.2 Å². The first-order chi connectivity index (χ1) is 9.36. The normalized spacial score (nSPS) is 10.9. The number of aromatic nitrogens is 3. The Kier molecular flexibility index (Phi) is 4.30. The van der Waals surface area contributed by atoms with Gasteiger partial charge in [0, 0.05) is 16.1 Å². The quantitative estimate of drug-likeness (QED) is 0.947. The third kappa shape index (κ3) is 3.29. The number of hydrogen-bond acceptors (Lipinski definition) is 3. The molecule has 5 nitrogen and oxygen atoms in total. The van der Waals surface area contributed by atoms with Crippen molar-refractivity contribution in [1.82, 2.24) is 20.1 Å². The van der Waals surface area contributed by atoms with Crippen LogP contribution in [-0.4, -0.2) is 26.7 Å². The molecule has 0 radical (unpaired) electrons. The summed E-state index contributed by atoms with van der Waals surface area (Å²) in [7, 11) is 0. The van der Waals surface area contributed by atoms with Gasteiger partial charge in [0.1, 0.15) is 5.82 Å². The van der Waals surface area contributed by atoms with Gasteiger partial charge in [-0.25, -0.2) is 9.67 Å². The summed E-state index contributed by atoms with van der Waals surface area (Å²) < 4.78 is 1.53. The first kappa shape index (κ1) is 14.8. The fraction of sp³-hybridized carbons (Fsp3) is 0.308. The molecule has 0 fully saturated rings. The molecule has 1 aromatic carbocycles. The lowest BCUT2D eigenvalue weighted by molar-refractivity contribution is 0.0932. The van der Waals surface area contributed by atoms with E-state index in [0.29, 0.717) is 21.6 Å². The number of halogens is 2. The number of nitrogens with one attached hydrogen (secondary N) is 1. The monoisotopic (exact) mass is 312 g/mol. The topological polar surface area (TPSA) is 59.8 Å². The second kappa shape index (κ2) is 5.81. The molecule has 1 N–H and O–H groups in total. The van der Waals surface area contributed by atoms with E-state index in [-0.39, 0.29) is 17.8 Å². The van der Waals surface area contributed by atoms with Crippen molar-refractivity contribution >= 4 is 29.1 Å². The summed E-state index contributed by atoms with van der Waals surface area (Å²) >= 11 is 11.9. The van der Waals surface area contributed by atoms with Crippen molar-refractivity contribution < 1.29 is 4.79 Å². The Bertz CT molecular complexity index is 632. The van der Waals surface area contributed by atoms with Gasteiger partial charge in [0.15, 0.2) is 0 Å². The summed E-state index contributed by atoms with van der Waals surface area (Å²) in [6.07, 6.45) is 0. The summed E-state index contributed by atoms with van der Waals surface area (Å²) in [5, 5.41) is 7.93. The van der Waals surface area contributed by atoms with Crippen LogP contribution in [0.25, 0.3) is 5.69 Å². The van der Waals surface area contributed by atoms with Crippen LogP contribution in [0.4, 0.5) is 0 Å². The predicted molar refractivity (Wildman–Crippen MR) is 78.7 cm³/mol. The number of hydrogen-bond donors (Lipinski definition) is 1. The number of benzene rings is 1. The van der Waals surface area contributed by atoms with Crippen molar-refractivity contribution in [2.75, 3.05) is 0 Å². The van der Waals surface area contributed by atoms with Crippen molar-refractivity contribution in [2.24, 2.45) is 0 Å². The third-order valence-electron chi connectivity index (χ3n) is 2.48. The van der Waals surface area contributed by atoms with Gasteiger partial charge in [0.2, 0.25) is 5.82 Å². The third-order valence-corrected chi connectivity index (χ3v) is 2.92. The number of carbonyl (C=O) groups is 1. The Hall–Kier alpha value is -1.59. The smallest absolute Gasteiger partial charge is 0.291 e. The Balaban J connectivity index is 2.38. The van der Waals surface area contributed by atoms with Crippen molar-refractivity contribution in [1.29, 1.82) is 0 Å². The van der Waals surface area contributed by atoms with E-state index in [0.717, 1.165) is 0 Å². The fourth-order valence-corrected chi connectivity index (χ4v) is 2.23. The zero-order valence-corrected chi connectivity index (χ0v) is 12.8. The zero-order valence-electron chi connectivity index (χ0n) is 11.3. The van der Waals surface area contributed by atoms with E-state index in [1.165, 1.54) is 4.68 Å². The van der Waals surface area contributed by atoms with Crippen LogP contribution in [0.1, 0.15) is 30.3 Å². The molecule has 20 heavy (non-hydrogen) atoms. The fourth-order valence-electron chi connectivity index (χ4n) is 1.72. The molecule has 0 spiro atoms. The Morgan fingerprint density at radius 3 is 2.40 bits per heavy atom. The number of nitrogens with zero attached hydrogens (tertiary/aromatic N) is 3. The summed E-state index contributed by atoms with van der Waals surface area (Å²) in [5.41, 5.74) is 0.663. The standard InChI is InChI=1S/C13H14Cl2N4O/c1-7(2)16-13(20)12-17-8(3)19(18-12)11-5-9(14)4-10(15)6-11/h4-7H,1-3H3,(H,16,20). The van der Waals surface area contributed by atoms with Gasteiger partial charge in [0.25, 0.3) is 5.91 Å². The molecule has 0 unspecified atom stereocenters. The van der Waals surface area contributed by atoms with E-state index < -0.39 is 0 Å². The van der Waals surface area contributed by atoms with Gasteiger partial charge in [-0.1, -0.05) is 23.2 Å². The molecule has 2 rings (SSSR count). The van der Waals surface area contributed by atoms with Gasteiger partial charge in [0.05, 0.1) is 5.69 Å². The highest BCUT2D eigenvalue weighted by Crippen LogP contribution is 2.22. The van der Waals surface area contributed by atoms with Crippen LogP contribution >= 0.6 is 23.2 Å². The van der Waals surface area contributed by atoms with Gasteiger partial charge >= 0.3 is 0 Å². The number of amides is 1. The Morgan fingerprint density at radius 2 is 1.85 bits per heavy atom. The molecule has 0 saturated carbocycles. The Labute approximate surface area is 126 Å². The van der Waals surface area contributed by atoms with Crippen LogP contribution in [0.2, 0.25) is 10.0 Å². The molecular formula is C13H14Cl2N4O. The van der Waals surface area contributed by atoms with Crippen LogP contribution in [0.5, 0.6) is 0 Å². The molecule has 0 bridgehead atoms. The molecule has 7 heteroatoms. The molecule has 0 atom stereocenters. The minimum Gasteiger partial charge on any atom is -0.347 e. The van der Waals surface area contributed by atoms with Crippen molar-refractivity contribution in [3.05, 3.63) is 39.9 Å². The maximum Gasteiger partial charge on any atom is 0.291 e. The predicted octanol–water partition coefficient (Wildman–Crippen LogP) is 3.02. The second-order valence-corrected chi connectivity index (χ2v) is 5.52. The summed E-state index contributed by atoms with van der Waals surface area (Å²) in [4.78, 5) is 16.0. The van der Waals surface area contributed by atoms with Crippen molar-refractivity contribution in [2.45, 2.75) is 26.8 Å². The lowest BCUT2D eigenvalue weighted by atomic mass is 10.3. The van der Waals surface area contributed by atoms with Crippen LogP contribution in [0, 0.1) is 6.92 Å². The van der Waals surface area contributed by atoms with Gasteiger partial charge in [-0.3, -0.25) is 4.79 Å². The van der Waals surface area contributed by atoms with E-state index in [2.05, 4.69) is 15.4 Å². The molecule has 106 valence electrons. The van der Waals surface area contributed by atoms with E-state index in [9.17, 15) is 4.79 Å². The van der Waals surface area contributed by atoms with Gasteiger partial charge in [-0.15, -0.1) is 5.10 Å². The van der Waals surface area contributed by atoms with Crippen LogP contribution in [-0.2, 0) is 0 Å². The van der Waals surface area contributed by atoms with Gasteiger partial charge in [-0.2, -0.15) is 0 Å². The van der Waals surface area contributed by atoms with Crippen molar-refractivity contribution in [3.63, 3.8) is 0 Å². The summed E-state index contributed by atoms with van der Waals surface area (Å²) in [6.45, 7) is 5.50. The zero-order chi connectivity index (χ0) is 14.9. The summed E-state index contributed by atoms with van der Waals surface area (Å²) in [6, 6.07) is 5.07. The van der Waals surface area contributed by atoms with Crippen molar-refractivity contribution in [3.8, 4) is 5.69 Å². The summed E-state index contributed by atoms with van der Waals surface area (Å²) in [5.74, 6) is 0.388. The maximum absolute atomic E-state index is 11.9. The average Bonchev–Trinajstić information content (AvgIpc) is 2.69. The first-order valence-corrected chi connectivity index (χ1v) is 6.83. The number of carbonyl (C=O) groups excluding carboxylic acids is 1. The molecule has 2 aromatic rings. The number of rotatable bonds is 3. The first-order valence-electron chi connectivity index (χ1n) is 6.08. The highest BCUT2D eigenvalue weighted by molar-refractivity contribution is 6.34. The molecular weight excluding hydrogens is 299 g/mol. The molecule has 0 saturated heterocycles. The molecule has 0 aliphatic rings.